The Balaban J connectivity index is 0.000000245. The molecule has 31 heavy (non-hydrogen) atoms. The zero-order valence-electron chi connectivity index (χ0n) is 17.8. The Kier molecular flexibility index (Phi) is 5.66. The number of hydrogen-bond donors (Lipinski definition) is 4. The number of nitrogens with two attached hydrogens (primary N) is 1. The van der Waals surface area contributed by atoms with E-state index in [0.717, 1.165) is 30.7 Å². The number of nitrogens with one attached hydrogen (secondary N) is 1. The number of Topliss-reactive ketones (excluding diaryl/α,β-unsaturated/α-hetero) is 1. The van der Waals surface area contributed by atoms with Gasteiger partial charge in [-0.3, -0.25) is 9.59 Å². The van der Waals surface area contributed by atoms with Crippen molar-refractivity contribution in [3.05, 3.63) is 53.0 Å². The molecule has 2 saturated carbocycles. The Morgan fingerprint density at radius 2 is 2.13 bits per heavy atom. The summed E-state index contributed by atoms with van der Waals surface area (Å²) < 4.78 is 5.01. The monoisotopic (exact) mass is 426 g/mol. The van der Waals surface area contributed by atoms with Crippen molar-refractivity contribution in [1.82, 2.24) is 5.32 Å². The largest absolute Gasteiger partial charge is 0.507 e. The van der Waals surface area contributed by atoms with Crippen LogP contribution in [-0.2, 0) is 23.2 Å². The number of furan rings is 1. The van der Waals surface area contributed by atoms with Crippen molar-refractivity contribution in [1.29, 1.82) is 0 Å². The lowest BCUT2D eigenvalue weighted by molar-refractivity contribution is -0.160. The molecule has 0 unspecified atom stereocenters. The first-order valence-electron chi connectivity index (χ1n) is 10.9. The van der Waals surface area contributed by atoms with E-state index in [1.807, 2.05) is 25.2 Å². The summed E-state index contributed by atoms with van der Waals surface area (Å²) in [5.74, 6) is 0.379. The molecule has 7 heteroatoms. The smallest absolute Gasteiger partial charge is 0.252 e. The van der Waals surface area contributed by atoms with Crippen LogP contribution in [0.2, 0.25) is 0 Å². The summed E-state index contributed by atoms with van der Waals surface area (Å²) in [6.45, 7) is 0.812. The van der Waals surface area contributed by atoms with Gasteiger partial charge in [-0.2, -0.15) is 0 Å². The molecule has 0 aliphatic heterocycles. The third-order valence-electron chi connectivity index (χ3n) is 7.35. The number of phenols is 1. The van der Waals surface area contributed by atoms with Gasteiger partial charge >= 0.3 is 0 Å². The fourth-order valence-corrected chi connectivity index (χ4v) is 6.03. The number of aromatic hydroxyl groups is 1. The molecule has 166 valence electrons. The Hall–Kier alpha value is -2.64. The number of amides is 1. The minimum Gasteiger partial charge on any atom is -0.507 e. The van der Waals surface area contributed by atoms with E-state index in [1.165, 1.54) is 0 Å². The van der Waals surface area contributed by atoms with Gasteiger partial charge in [0.05, 0.1) is 24.0 Å². The molecule has 3 aliphatic rings. The number of fused-ring (bicyclic) bond motifs is 1. The van der Waals surface area contributed by atoms with Gasteiger partial charge in [-0.15, -0.1) is 0 Å². The Morgan fingerprint density at radius 1 is 1.32 bits per heavy atom. The van der Waals surface area contributed by atoms with Crippen LogP contribution in [-0.4, -0.2) is 34.6 Å². The second-order valence-corrected chi connectivity index (χ2v) is 8.98. The van der Waals surface area contributed by atoms with Crippen LogP contribution in [0.1, 0.15) is 65.8 Å². The molecular formula is C24H30N2O5. The molecule has 0 spiro atoms. The van der Waals surface area contributed by atoms with Gasteiger partial charge in [-0.25, -0.2) is 0 Å². The molecule has 0 saturated heterocycles. The summed E-state index contributed by atoms with van der Waals surface area (Å²) >= 11 is 0. The summed E-state index contributed by atoms with van der Waals surface area (Å²) in [6, 6.07) is 7.20. The van der Waals surface area contributed by atoms with E-state index in [9.17, 15) is 19.8 Å². The molecule has 1 aromatic carbocycles. The van der Waals surface area contributed by atoms with Gasteiger partial charge in [0, 0.05) is 23.8 Å². The minimum atomic E-state index is -0.972. The van der Waals surface area contributed by atoms with E-state index in [0.29, 0.717) is 31.2 Å². The second kappa shape index (κ2) is 8.13. The van der Waals surface area contributed by atoms with Gasteiger partial charge in [0.1, 0.15) is 17.3 Å². The summed E-state index contributed by atoms with van der Waals surface area (Å²) in [5, 5.41) is 25.2. The number of carbonyl (C=O) groups is 2. The highest BCUT2D eigenvalue weighted by Crippen LogP contribution is 2.62. The zero-order chi connectivity index (χ0) is 22.2. The fraction of sp³-hybridized carbons (Fsp3) is 0.500. The number of aliphatic hydroxyl groups is 1. The third-order valence-corrected chi connectivity index (χ3v) is 7.35. The van der Waals surface area contributed by atoms with Gasteiger partial charge in [-0.05, 0) is 62.4 Å². The highest BCUT2D eigenvalue weighted by molar-refractivity contribution is 5.96. The quantitative estimate of drug-likeness (QED) is 0.598. The number of hydrogen-bond acceptors (Lipinski definition) is 6. The van der Waals surface area contributed by atoms with E-state index in [2.05, 4.69) is 5.32 Å². The lowest BCUT2D eigenvalue weighted by Gasteiger charge is -2.60. The van der Waals surface area contributed by atoms with Crippen molar-refractivity contribution in [2.75, 3.05) is 7.05 Å². The predicted molar refractivity (Wildman–Crippen MR) is 115 cm³/mol. The van der Waals surface area contributed by atoms with Crippen LogP contribution >= 0.6 is 0 Å². The summed E-state index contributed by atoms with van der Waals surface area (Å²) in [4.78, 5) is 23.8. The SMILES string of the molecule is CNCc1ccco1.NC(=O)c1ccc2c(c1O)[C@]13CCC[C@H](C2)[C@]1(O)CCC(=O)C3. The maximum absolute atomic E-state index is 12.2. The molecule has 1 aromatic heterocycles. The molecule has 3 atom stereocenters. The molecular weight excluding hydrogens is 396 g/mol. The lowest BCUT2D eigenvalue weighted by Crippen LogP contribution is -2.64. The average Bonchev–Trinajstić information content (AvgIpc) is 3.22. The molecule has 2 fully saturated rings. The highest BCUT2D eigenvalue weighted by Gasteiger charge is 2.63. The maximum Gasteiger partial charge on any atom is 0.252 e. The number of benzene rings is 1. The van der Waals surface area contributed by atoms with Crippen LogP contribution in [0.15, 0.2) is 34.9 Å². The van der Waals surface area contributed by atoms with Crippen molar-refractivity contribution >= 4 is 11.7 Å². The van der Waals surface area contributed by atoms with Crippen LogP contribution in [0.4, 0.5) is 0 Å². The first kappa shape index (κ1) is 21.6. The van der Waals surface area contributed by atoms with Crippen LogP contribution in [0.25, 0.3) is 0 Å². The summed E-state index contributed by atoms with van der Waals surface area (Å²) in [7, 11) is 1.89. The predicted octanol–water partition coefficient (Wildman–Crippen LogP) is 2.57. The van der Waals surface area contributed by atoms with Crippen LogP contribution in [0.3, 0.4) is 0 Å². The van der Waals surface area contributed by atoms with Gasteiger partial charge < -0.3 is 25.7 Å². The Bertz CT molecular complexity index is 986. The van der Waals surface area contributed by atoms with Gasteiger partial charge in [0.2, 0.25) is 0 Å². The molecule has 1 heterocycles. The zero-order valence-corrected chi connectivity index (χ0v) is 17.8. The summed E-state index contributed by atoms with van der Waals surface area (Å²) in [6.07, 6.45) is 5.93. The van der Waals surface area contributed by atoms with Crippen LogP contribution in [0, 0.1) is 5.92 Å². The molecule has 5 rings (SSSR count). The number of ketones is 1. The van der Waals surface area contributed by atoms with E-state index < -0.39 is 16.9 Å². The molecule has 0 radical (unpaired) electrons. The fourth-order valence-electron chi connectivity index (χ4n) is 6.03. The van der Waals surface area contributed by atoms with Crippen LogP contribution < -0.4 is 11.1 Å². The number of rotatable bonds is 3. The van der Waals surface area contributed by atoms with Gasteiger partial charge in [0.15, 0.2) is 0 Å². The molecule has 2 bridgehead atoms. The topological polar surface area (TPSA) is 126 Å². The number of primary amides is 1. The molecule has 5 N–H and O–H groups in total. The van der Waals surface area contributed by atoms with E-state index in [1.54, 1.807) is 12.3 Å². The molecule has 7 nitrogen and oxygen atoms in total. The molecule has 3 aliphatic carbocycles. The van der Waals surface area contributed by atoms with Crippen LogP contribution in [0.5, 0.6) is 5.75 Å². The minimum absolute atomic E-state index is 0.0718. The second-order valence-electron chi connectivity index (χ2n) is 8.98. The Labute approximate surface area is 181 Å². The van der Waals surface area contributed by atoms with E-state index >= 15 is 0 Å². The maximum atomic E-state index is 12.2. The summed E-state index contributed by atoms with van der Waals surface area (Å²) in [5.41, 5.74) is 5.24. The molecule has 1 amide bonds. The third kappa shape index (κ3) is 3.46. The first-order chi connectivity index (χ1) is 14.8. The van der Waals surface area contributed by atoms with Crippen molar-refractivity contribution in [2.24, 2.45) is 11.7 Å². The van der Waals surface area contributed by atoms with Gasteiger partial charge in [0.25, 0.3) is 5.91 Å². The van der Waals surface area contributed by atoms with Gasteiger partial charge in [-0.1, -0.05) is 12.5 Å². The number of carbonyl (C=O) groups excluding carboxylic acids is 2. The van der Waals surface area contributed by atoms with E-state index in [4.69, 9.17) is 10.2 Å². The van der Waals surface area contributed by atoms with Crippen molar-refractivity contribution in [3.63, 3.8) is 0 Å². The standard InChI is InChI=1S/C18H21NO4.C6H9NO/c19-16(22)13-4-3-10-8-11-2-1-6-17(14(10)15(13)21)9-12(20)5-7-18(11,17)23;1-7-5-6-3-2-4-8-6/h3-4,11,21,23H,1-2,5-9H2,(H2,19,22);2-4,7H,5H2,1H3/t11-,17-,18-;/m1./s1. The molecule has 2 aromatic rings. The normalized spacial score (nSPS) is 28.7. The Morgan fingerprint density at radius 3 is 2.81 bits per heavy atom. The first-order valence-corrected chi connectivity index (χ1v) is 10.9. The van der Waals surface area contributed by atoms with Crippen molar-refractivity contribution < 1.29 is 24.2 Å². The lowest BCUT2D eigenvalue weighted by atomic mass is 9.46. The van der Waals surface area contributed by atoms with E-state index in [-0.39, 0.29) is 29.4 Å². The van der Waals surface area contributed by atoms with Crippen molar-refractivity contribution in [3.8, 4) is 5.75 Å². The van der Waals surface area contributed by atoms with Crippen molar-refractivity contribution in [2.45, 2.75) is 62.5 Å². The average molecular weight is 427 g/mol. The highest BCUT2D eigenvalue weighted by atomic mass is 16.3.